The highest BCUT2D eigenvalue weighted by Gasteiger charge is 2.25. The van der Waals surface area contributed by atoms with Crippen molar-refractivity contribution in [2.45, 2.75) is 30.7 Å². The summed E-state index contributed by atoms with van der Waals surface area (Å²) in [7, 11) is -3.92. The number of carbonyl (C=O) groups is 1. The van der Waals surface area contributed by atoms with Gasteiger partial charge in [-0.25, -0.2) is 8.42 Å². The van der Waals surface area contributed by atoms with Gasteiger partial charge in [0.05, 0.1) is 5.02 Å². The van der Waals surface area contributed by atoms with Crippen LogP contribution in [0.25, 0.3) is 0 Å². The van der Waals surface area contributed by atoms with E-state index in [1.807, 2.05) is 0 Å². The van der Waals surface area contributed by atoms with Crippen molar-refractivity contribution in [1.29, 1.82) is 0 Å². The molecule has 0 saturated heterocycles. The van der Waals surface area contributed by atoms with Crippen LogP contribution in [0.4, 0.5) is 0 Å². The fourth-order valence-corrected chi connectivity index (χ4v) is 3.18. The van der Waals surface area contributed by atoms with Crippen LogP contribution in [0, 0.1) is 0 Å². The Morgan fingerprint density at radius 2 is 2.06 bits per heavy atom. The summed E-state index contributed by atoms with van der Waals surface area (Å²) in [5, 5.41) is 8.98. The third-order valence-corrected chi connectivity index (χ3v) is 4.27. The molecule has 0 aromatic heterocycles. The number of hydrogen-bond donors (Lipinski definition) is 2. The molecule has 0 fully saturated rings. The number of hydrogen-bond acceptors (Lipinski definition) is 3. The lowest BCUT2D eigenvalue weighted by Gasteiger charge is -2.14. The second-order valence-electron chi connectivity index (χ2n) is 3.73. The molecule has 0 saturated carbocycles. The first-order valence-electron chi connectivity index (χ1n) is 5.38. The number of rotatable bonds is 6. The van der Waals surface area contributed by atoms with Gasteiger partial charge in [-0.1, -0.05) is 37.1 Å². The van der Waals surface area contributed by atoms with Crippen LogP contribution in [0.3, 0.4) is 0 Å². The molecule has 100 valence electrons. The fraction of sp³-hybridized carbons (Fsp3) is 0.364. The number of aliphatic carboxylic acids is 1. The molecular weight excluding hydrogens is 278 g/mol. The van der Waals surface area contributed by atoms with Gasteiger partial charge in [-0.15, -0.1) is 0 Å². The summed E-state index contributed by atoms with van der Waals surface area (Å²) >= 11 is 5.78. The number of carboxylic acids is 1. The molecule has 0 aliphatic rings. The topological polar surface area (TPSA) is 83.5 Å². The predicted octanol–water partition coefficient (Wildman–Crippen LogP) is 1.87. The number of halogens is 1. The van der Waals surface area contributed by atoms with Gasteiger partial charge in [-0.2, -0.15) is 4.72 Å². The van der Waals surface area contributed by atoms with Crippen molar-refractivity contribution < 1.29 is 18.3 Å². The lowest BCUT2D eigenvalue weighted by molar-refractivity contribution is -0.139. The van der Waals surface area contributed by atoms with E-state index in [0.717, 1.165) is 0 Å². The van der Waals surface area contributed by atoms with Gasteiger partial charge in [0.2, 0.25) is 10.0 Å². The molecule has 0 radical (unpaired) electrons. The Kier molecular flexibility index (Phi) is 5.13. The van der Waals surface area contributed by atoms with E-state index in [2.05, 4.69) is 4.72 Å². The monoisotopic (exact) mass is 291 g/mol. The molecule has 7 heteroatoms. The van der Waals surface area contributed by atoms with E-state index < -0.39 is 22.0 Å². The first kappa shape index (κ1) is 14.9. The Hall–Kier alpha value is -1.11. The van der Waals surface area contributed by atoms with Gasteiger partial charge in [0, 0.05) is 0 Å². The van der Waals surface area contributed by atoms with Crippen molar-refractivity contribution in [2.24, 2.45) is 0 Å². The van der Waals surface area contributed by atoms with Crippen LogP contribution in [0.1, 0.15) is 19.8 Å². The van der Waals surface area contributed by atoms with Gasteiger partial charge < -0.3 is 5.11 Å². The quantitative estimate of drug-likeness (QED) is 0.838. The largest absolute Gasteiger partial charge is 0.480 e. The maximum absolute atomic E-state index is 12.0. The van der Waals surface area contributed by atoms with Crippen LogP contribution in [0.2, 0.25) is 5.02 Å². The maximum atomic E-state index is 12.0. The molecule has 1 atom stereocenters. The van der Waals surface area contributed by atoms with E-state index in [0.29, 0.717) is 6.42 Å². The van der Waals surface area contributed by atoms with Gasteiger partial charge in [0.15, 0.2) is 0 Å². The third kappa shape index (κ3) is 3.69. The summed E-state index contributed by atoms with van der Waals surface area (Å²) in [5.74, 6) is -1.20. The Morgan fingerprint density at radius 1 is 1.44 bits per heavy atom. The van der Waals surface area contributed by atoms with Crippen LogP contribution >= 0.6 is 11.6 Å². The average molecular weight is 292 g/mol. The van der Waals surface area contributed by atoms with E-state index in [1.54, 1.807) is 13.0 Å². The highest BCUT2D eigenvalue weighted by Crippen LogP contribution is 2.20. The zero-order valence-electron chi connectivity index (χ0n) is 9.76. The highest BCUT2D eigenvalue weighted by molar-refractivity contribution is 7.89. The Bertz CT molecular complexity index is 530. The van der Waals surface area contributed by atoms with Crippen LogP contribution in [0.15, 0.2) is 29.2 Å². The lowest BCUT2D eigenvalue weighted by atomic mass is 10.2. The third-order valence-electron chi connectivity index (χ3n) is 2.30. The van der Waals surface area contributed by atoms with E-state index in [-0.39, 0.29) is 16.3 Å². The fourth-order valence-electron chi connectivity index (χ4n) is 1.43. The van der Waals surface area contributed by atoms with E-state index in [4.69, 9.17) is 16.7 Å². The molecule has 5 nitrogen and oxygen atoms in total. The SMILES string of the molecule is CCC[C@H](NS(=O)(=O)c1ccccc1Cl)C(=O)O. The van der Waals surface area contributed by atoms with Gasteiger partial charge in [-0.3, -0.25) is 4.79 Å². The molecule has 0 aliphatic heterocycles. The van der Waals surface area contributed by atoms with Crippen molar-refractivity contribution in [3.05, 3.63) is 29.3 Å². The summed E-state index contributed by atoms with van der Waals surface area (Å²) in [6.45, 7) is 1.78. The average Bonchev–Trinajstić information content (AvgIpc) is 2.28. The summed E-state index contributed by atoms with van der Waals surface area (Å²) in [4.78, 5) is 10.8. The molecule has 1 aromatic carbocycles. The van der Waals surface area contributed by atoms with Gasteiger partial charge in [-0.05, 0) is 18.6 Å². The highest BCUT2D eigenvalue weighted by atomic mass is 35.5. The normalized spacial score (nSPS) is 13.2. The van der Waals surface area contributed by atoms with Crippen molar-refractivity contribution in [1.82, 2.24) is 4.72 Å². The van der Waals surface area contributed by atoms with E-state index in [9.17, 15) is 13.2 Å². The Labute approximate surface area is 111 Å². The molecule has 1 rings (SSSR count). The smallest absolute Gasteiger partial charge is 0.321 e. The standard InChI is InChI=1S/C11H14ClNO4S/c1-2-5-9(11(14)15)13-18(16,17)10-7-4-3-6-8(10)12/h3-4,6-7,9,13H,2,5H2,1H3,(H,14,15)/t9-/m0/s1. The minimum Gasteiger partial charge on any atom is -0.480 e. The first-order valence-corrected chi connectivity index (χ1v) is 7.24. The number of carboxylic acid groups (broad SMARTS) is 1. The summed E-state index contributed by atoms with van der Waals surface area (Å²) in [6, 6.07) is 4.75. The van der Waals surface area contributed by atoms with E-state index in [1.165, 1.54) is 18.2 Å². The minimum atomic E-state index is -3.92. The van der Waals surface area contributed by atoms with Gasteiger partial charge in [0.1, 0.15) is 10.9 Å². The Balaban J connectivity index is 3.01. The molecule has 2 N–H and O–H groups in total. The zero-order chi connectivity index (χ0) is 13.8. The van der Waals surface area contributed by atoms with Gasteiger partial charge >= 0.3 is 5.97 Å². The maximum Gasteiger partial charge on any atom is 0.321 e. The van der Waals surface area contributed by atoms with Crippen LogP contribution in [-0.2, 0) is 14.8 Å². The van der Waals surface area contributed by atoms with E-state index >= 15 is 0 Å². The van der Waals surface area contributed by atoms with Crippen LogP contribution in [-0.4, -0.2) is 25.5 Å². The Morgan fingerprint density at radius 3 is 2.56 bits per heavy atom. The minimum absolute atomic E-state index is 0.0608. The molecule has 0 spiro atoms. The second-order valence-corrected chi connectivity index (χ2v) is 5.82. The molecule has 0 bridgehead atoms. The number of nitrogens with one attached hydrogen (secondary N) is 1. The first-order chi connectivity index (χ1) is 8.38. The molecule has 1 aromatic rings. The van der Waals surface area contributed by atoms with Gasteiger partial charge in [0.25, 0.3) is 0 Å². The van der Waals surface area contributed by atoms with Crippen molar-refractivity contribution >= 4 is 27.6 Å². The van der Waals surface area contributed by atoms with Crippen LogP contribution in [0.5, 0.6) is 0 Å². The molecule has 0 aliphatic carbocycles. The lowest BCUT2D eigenvalue weighted by Crippen LogP contribution is -2.40. The summed E-state index contributed by atoms with van der Waals surface area (Å²) in [5.41, 5.74) is 0. The molecule has 0 heterocycles. The van der Waals surface area contributed by atoms with Crippen molar-refractivity contribution in [3.8, 4) is 0 Å². The molecular formula is C11H14ClNO4S. The molecule has 0 amide bonds. The second kappa shape index (κ2) is 6.17. The molecule has 0 unspecified atom stereocenters. The predicted molar refractivity (Wildman–Crippen MR) is 68.1 cm³/mol. The molecule has 18 heavy (non-hydrogen) atoms. The summed E-state index contributed by atoms with van der Waals surface area (Å²) < 4.78 is 26.1. The van der Waals surface area contributed by atoms with Crippen molar-refractivity contribution in [2.75, 3.05) is 0 Å². The number of benzene rings is 1. The van der Waals surface area contributed by atoms with Crippen LogP contribution < -0.4 is 4.72 Å². The summed E-state index contributed by atoms with van der Waals surface area (Å²) in [6.07, 6.45) is 0.779. The zero-order valence-corrected chi connectivity index (χ0v) is 11.3. The number of sulfonamides is 1. The van der Waals surface area contributed by atoms with Crippen molar-refractivity contribution in [3.63, 3.8) is 0 Å².